The predicted octanol–water partition coefficient (Wildman–Crippen LogP) is 1.93. The van der Waals surface area contributed by atoms with Gasteiger partial charge in [0.15, 0.2) is 5.79 Å². The van der Waals surface area contributed by atoms with Gasteiger partial charge in [0, 0.05) is 24.7 Å². The quantitative estimate of drug-likeness (QED) is 0.547. The first kappa shape index (κ1) is 14.6. The fourth-order valence-corrected chi connectivity index (χ4v) is 5.55. The molecule has 0 aromatic heterocycles. The summed E-state index contributed by atoms with van der Waals surface area (Å²) in [5.74, 6) is -0.548. The lowest BCUT2D eigenvalue weighted by Crippen LogP contribution is -2.55. The highest BCUT2D eigenvalue weighted by atomic mass is 16.7. The lowest BCUT2D eigenvalue weighted by molar-refractivity contribution is -0.223. The number of fused-ring (bicyclic) bond motifs is 2. The highest BCUT2D eigenvalue weighted by Crippen LogP contribution is 2.61. The molecule has 0 unspecified atom stereocenters. The Hall–Kier alpha value is -0.940. The lowest BCUT2D eigenvalue weighted by Gasteiger charge is -2.55. The van der Waals surface area contributed by atoms with Crippen LogP contribution < -0.4 is 0 Å². The number of esters is 1. The number of cyclic esters (lactones) is 1. The highest BCUT2D eigenvalue weighted by Gasteiger charge is 2.62. The zero-order chi connectivity index (χ0) is 15.5. The van der Waals surface area contributed by atoms with E-state index in [1.807, 2.05) is 6.92 Å². The van der Waals surface area contributed by atoms with Crippen molar-refractivity contribution in [2.75, 3.05) is 13.2 Å². The lowest BCUT2D eigenvalue weighted by atomic mass is 9.49. The molecule has 0 amide bonds. The molecule has 122 valence electrons. The third-order valence-electron chi connectivity index (χ3n) is 6.82. The van der Waals surface area contributed by atoms with Gasteiger partial charge in [-0.05, 0) is 31.1 Å². The van der Waals surface area contributed by atoms with Crippen LogP contribution >= 0.6 is 0 Å². The van der Waals surface area contributed by atoms with Crippen molar-refractivity contribution in [1.29, 1.82) is 0 Å². The molecule has 4 aliphatic rings. The molecule has 1 spiro atoms. The van der Waals surface area contributed by atoms with Crippen LogP contribution in [0.5, 0.6) is 0 Å². The van der Waals surface area contributed by atoms with E-state index < -0.39 is 5.79 Å². The van der Waals surface area contributed by atoms with Crippen molar-refractivity contribution in [3.8, 4) is 0 Å². The SMILES string of the molecule is C[C@H]1OC(=O)[C@@H]2C[C@@H]3CC4(CC[C@@]3(C)[C@H](C=O)[C@H]12)OCCO4. The molecular weight excluding hydrogens is 284 g/mol. The van der Waals surface area contributed by atoms with Crippen molar-refractivity contribution in [2.24, 2.45) is 29.1 Å². The molecule has 2 saturated carbocycles. The van der Waals surface area contributed by atoms with Gasteiger partial charge in [-0.3, -0.25) is 4.79 Å². The number of rotatable bonds is 1. The van der Waals surface area contributed by atoms with E-state index >= 15 is 0 Å². The fourth-order valence-electron chi connectivity index (χ4n) is 5.55. The Morgan fingerprint density at radius 1 is 1.23 bits per heavy atom. The van der Waals surface area contributed by atoms with Crippen LogP contribution in [0.3, 0.4) is 0 Å². The second-order valence-electron chi connectivity index (χ2n) is 7.74. The van der Waals surface area contributed by atoms with E-state index in [1.54, 1.807) is 0 Å². The van der Waals surface area contributed by atoms with E-state index in [1.165, 1.54) is 0 Å². The second-order valence-corrected chi connectivity index (χ2v) is 7.74. The number of carbonyl (C=O) groups is 2. The van der Waals surface area contributed by atoms with Gasteiger partial charge in [0.25, 0.3) is 0 Å². The first-order valence-electron chi connectivity index (χ1n) is 8.43. The monoisotopic (exact) mass is 308 g/mol. The van der Waals surface area contributed by atoms with Crippen LogP contribution in [0, 0.1) is 29.1 Å². The zero-order valence-corrected chi connectivity index (χ0v) is 13.2. The molecule has 2 aliphatic carbocycles. The van der Waals surface area contributed by atoms with E-state index in [0.717, 1.165) is 32.0 Å². The molecule has 0 N–H and O–H groups in total. The molecule has 5 nitrogen and oxygen atoms in total. The van der Waals surface area contributed by atoms with E-state index in [4.69, 9.17) is 14.2 Å². The van der Waals surface area contributed by atoms with Gasteiger partial charge in [0.05, 0.1) is 19.1 Å². The van der Waals surface area contributed by atoms with Gasteiger partial charge in [0.1, 0.15) is 12.4 Å². The molecule has 2 aliphatic heterocycles. The van der Waals surface area contributed by atoms with Crippen molar-refractivity contribution in [3.63, 3.8) is 0 Å². The summed E-state index contributed by atoms with van der Waals surface area (Å²) in [5, 5.41) is 0. The van der Waals surface area contributed by atoms with Crippen LogP contribution in [-0.2, 0) is 23.8 Å². The summed E-state index contributed by atoms with van der Waals surface area (Å²) in [7, 11) is 0. The van der Waals surface area contributed by atoms with Crippen LogP contribution in [0.15, 0.2) is 0 Å². The average Bonchev–Trinajstić information content (AvgIpc) is 3.04. The fraction of sp³-hybridized carbons (Fsp3) is 0.882. The van der Waals surface area contributed by atoms with Crippen LogP contribution in [0.1, 0.15) is 39.5 Å². The van der Waals surface area contributed by atoms with Gasteiger partial charge >= 0.3 is 5.97 Å². The Kier molecular flexibility index (Phi) is 3.18. The van der Waals surface area contributed by atoms with Gasteiger partial charge in [-0.15, -0.1) is 0 Å². The van der Waals surface area contributed by atoms with Crippen molar-refractivity contribution in [2.45, 2.75) is 51.4 Å². The Morgan fingerprint density at radius 2 is 1.95 bits per heavy atom. The van der Waals surface area contributed by atoms with Crippen molar-refractivity contribution < 1.29 is 23.8 Å². The Balaban J connectivity index is 1.67. The molecule has 0 radical (unpaired) electrons. The first-order chi connectivity index (χ1) is 10.5. The molecule has 2 heterocycles. The third kappa shape index (κ3) is 1.84. The van der Waals surface area contributed by atoms with Gasteiger partial charge < -0.3 is 19.0 Å². The summed E-state index contributed by atoms with van der Waals surface area (Å²) < 4.78 is 17.2. The highest BCUT2D eigenvalue weighted by molar-refractivity contribution is 5.77. The van der Waals surface area contributed by atoms with Crippen molar-refractivity contribution >= 4 is 12.3 Å². The number of ether oxygens (including phenoxy) is 3. The molecule has 0 aromatic carbocycles. The molecule has 2 saturated heterocycles. The predicted molar refractivity (Wildman–Crippen MR) is 76.8 cm³/mol. The van der Waals surface area contributed by atoms with Crippen LogP contribution in [0.4, 0.5) is 0 Å². The molecule has 6 atom stereocenters. The Morgan fingerprint density at radius 3 is 2.64 bits per heavy atom. The van der Waals surface area contributed by atoms with Crippen LogP contribution in [0.2, 0.25) is 0 Å². The number of hydrogen-bond donors (Lipinski definition) is 0. The maximum atomic E-state index is 12.2. The van der Waals surface area contributed by atoms with Gasteiger partial charge in [-0.2, -0.15) is 0 Å². The van der Waals surface area contributed by atoms with E-state index in [2.05, 4.69) is 6.92 Å². The minimum absolute atomic E-state index is 0.0331. The first-order valence-corrected chi connectivity index (χ1v) is 8.43. The maximum Gasteiger partial charge on any atom is 0.309 e. The molecular formula is C17H24O5. The summed E-state index contributed by atoms with van der Waals surface area (Å²) in [5.41, 5.74) is -0.0777. The second kappa shape index (κ2) is 4.78. The molecule has 22 heavy (non-hydrogen) atoms. The third-order valence-corrected chi connectivity index (χ3v) is 6.82. The molecule has 5 heteroatoms. The summed E-state index contributed by atoms with van der Waals surface area (Å²) in [6, 6.07) is 0. The number of hydrogen-bond acceptors (Lipinski definition) is 5. The normalized spacial score (nSPS) is 49.5. The Bertz CT molecular complexity index is 497. The maximum absolute atomic E-state index is 12.2. The van der Waals surface area contributed by atoms with Crippen LogP contribution in [0.25, 0.3) is 0 Å². The molecule has 4 rings (SSSR count). The summed E-state index contributed by atoms with van der Waals surface area (Å²) in [6.45, 7) is 5.43. The van der Waals surface area contributed by atoms with Crippen molar-refractivity contribution in [1.82, 2.24) is 0 Å². The smallest absolute Gasteiger partial charge is 0.309 e. The van der Waals surface area contributed by atoms with Crippen molar-refractivity contribution in [3.05, 3.63) is 0 Å². The summed E-state index contributed by atoms with van der Waals surface area (Å²) >= 11 is 0. The topological polar surface area (TPSA) is 61.8 Å². The van der Waals surface area contributed by atoms with E-state index in [9.17, 15) is 9.59 Å². The zero-order valence-electron chi connectivity index (χ0n) is 13.2. The molecule has 0 bridgehead atoms. The van der Waals surface area contributed by atoms with E-state index in [-0.39, 0.29) is 41.2 Å². The van der Waals surface area contributed by atoms with Crippen LogP contribution in [-0.4, -0.2) is 37.4 Å². The minimum Gasteiger partial charge on any atom is -0.462 e. The summed E-state index contributed by atoms with van der Waals surface area (Å²) in [6.07, 6.45) is 4.26. The largest absolute Gasteiger partial charge is 0.462 e. The average molecular weight is 308 g/mol. The van der Waals surface area contributed by atoms with Gasteiger partial charge in [-0.25, -0.2) is 0 Å². The standard InChI is InChI=1S/C17H24O5/c1-10-14-12(15(19)22-10)7-11-8-17(20-5-6-21-17)4-3-16(11,2)13(14)9-18/h9-14H,3-8H2,1-2H3/t10-,11-,12-,13-,14-,16-/m1/s1. The Labute approximate surface area is 130 Å². The number of carbonyl (C=O) groups excluding carboxylic acids is 2. The van der Waals surface area contributed by atoms with E-state index in [0.29, 0.717) is 13.2 Å². The number of aldehydes is 1. The van der Waals surface area contributed by atoms with Gasteiger partial charge in [0.2, 0.25) is 0 Å². The summed E-state index contributed by atoms with van der Waals surface area (Å²) in [4.78, 5) is 24.1. The van der Waals surface area contributed by atoms with Gasteiger partial charge in [-0.1, -0.05) is 6.92 Å². The molecule has 0 aromatic rings. The minimum atomic E-state index is -0.474. The molecule has 4 fully saturated rings.